The van der Waals surface area contributed by atoms with Crippen molar-refractivity contribution in [1.82, 2.24) is 0 Å². The first-order valence-corrected chi connectivity index (χ1v) is 6.76. The summed E-state index contributed by atoms with van der Waals surface area (Å²) >= 11 is 0. The highest BCUT2D eigenvalue weighted by molar-refractivity contribution is 6.43. The first-order valence-electron chi connectivity index (χ1n) is 6.76. The van der Waals surface area contributed by atoms with E-state index in [1.54, 1.807) is 12.1 Å². The van der Waals surface area contributed by atoms with Gasteiger partial charge in [0, 0.05) is 12.0 Å². The molecular formula is C18H18O2. The standard InChI is InChI=1S/C18H18O2/c1-13-3-7-15(8-4-13)9-12-17(19)18(20)16-10-5-14(2)6-11-16/h3-8,10-11H,9,12H2,1-2H3. The molecule has 2 rings (SSSR count). The third-order valence-electron chi connectivity index (χ3n) is 3.33. The summed E-state index contributed by atoms with van der Waals surface area (Å²) < 4.78 is 0. The first-order chi connectivity index (χ1) is 9.56. The summed E-state index contributed by atoms with van der Waals surface area (Å²) in [6, 6.07) is 15.1. The third-order valence-corrected chi connectivity index (χ3v) is 3.33. The fourth-order valence-corrected chi connectivity index (χ4v) is 1.99. The third kappa shape index (κ3) is 3.64. The highest BCUT2D eigenvalue weighted by Crippen LogP contribution is 2.09. The zero-order valence-corrected chi connectivity index (χ0v) is 11.8. The van der Waals surface area contributed by atoms with Crippen molar-refractivity contribution in [2.45, 2.75) is 26.7 Å². The molecule has 0 amide bonds. The summed E-state index contributed by atoms with van der Waals surface area (Å²) in [7, 11) is 0. The molecule has 20 heavy (non-hydrogen) atoms. The molecule has 0 heterocycles. The Kier molecular flexibility index (Phi) is 4.46. The lowest BCUT2D eigenvalue weighted by atomic mass is 10.0. The van der Waals surface area contributed by atoms with Crippen LogP contribution in [0.5, 0.6) is 0 Å². The zero-order chi connectivity index (χ0) is 14.5. The quantitative estimate of drug-likeness (QED) is 0.611. The number of Topliss-reactive ketones (excluding diaryl/α,β-unsaturated/α-hetero) is 2. The Bertz CT molecular complexity index is 607. The van der Waals surface area contributed by atoms with Crippen molar-refractivity contribution in [1.29, 1.82) is 0 Å². The molecule has 0 fully saturated rings. The van der Waals surface area contributed by atoms with Crippen LogP contribution in [0, 0.1) is 13.8 Å². The van der Waals surface area contributed by atoms with Crippen LogP contribution in [0.15, 0.2) is 48.5 Å². The molecule has 0 saturated carbocycles. The van der Waals surface area contributed by atoms with Crippen LogP contribution in [-0.2, 0) is 11.2 Å². The van der Waals surface area contributed by atoms with E-state index in [4.69, 9.17) is 0 Å². The molecule has 2 aromatic carbocycles. The van der Waals surface area contributed by atoms with Gasteiger partial charge in [0.1, 0.15) is 0 Å². The SMILES string of the molecule is Cc1ccc(CCC(=O)C(=O)c2ccc(C)cc2)cc1. The summed E-state index contributed by atoms with van der Waals surface area (Å²) in [6.07, 6.45) is 0.868. The molecule has 102 valence electrons. The second-order valence-corrected chi connectivity index (χ2v) is 5.10. The van der Waals surface area contributed by atoms with Crippen molar-refractivity contribution in [3.05, 3.63) is 70.8 Å². The van der Waals surface area contributed by atoms with Crippen molar-refractivity contribution in [2.24, 2.45) is 0 Å². The van der Waals surface area contributed by atoms with Gasteiger partial charge in [0.15, 0.2) is 0 Å². The van der Waals surface area contributed by atoms with Crippen LogP contribution in [0.2, 0.25) is 0 Å². The monoisotopic (exact) mass is 266 g/mol. The molecule has 0 aliphatic carbocycles. The average Bonchev–Trinajstić information content (AvgIpc) is 2.46. The smallest absolute Gasteiger partial charge is 0.228 e. The van der Waals surface area contributed by atoms with Gasteiger partial charge in [-0.3, -0.25) is 9.59 Å². The fraction of sp³-hybridized carbons (Fsp3) is 0.222. The van der Waals surface area contributed by atoms with E-state index >= 15 is 0 Å². The first kappa shape index (κ1) is 14.2. The Morgan fingerprint density at radius 2 is 1.30 bits per heavy atom. The van der Waals surface area contributed by atoms with Crippen LogP contribution in [0.3, 0.4) is 0 Å². The normalized spacial score (nSPS) is 10.3. The van der Waals surface area contributed by atoms with E-state index in [9.17, 15) is 9.59 Å². The van der Waals surface area contributed by atoms with Gasteiger partial charge < -0.3 is 0 Å². The maximum absolute atomic E-state index is 12.0. The lowest BCUT2D eigenvalue weighted by Crippen LogP contribution is -2.14. The van der Waals surface area contributed by atoms with E-state index in [-0.39, 0.29) is 12.2 Å². The number of ketones is 2. The zero-order valence-electron chi connectivity index (χ0n) is 11.8. The molecule has 0 aromatic heterocycles. The predicted octanol–water partition coefficient (Wildman–Crippen LogP) is 3.69. The van der Waals surface area contributed by atoms with Gasteiger partial charge in [0.05, 0.1) is 0 Å². The van der Waals surface area contributed by atoms with E-state index in [0.717, 1.165) is 11.1 Å². The average molecular weight is 266 g/mol. The minimum atomic E-state index is -0.392. The van der Waals surface area contributed by atoms with Crippen molar-refractivity contribution in [3.63, 3.8) is 0 Å². The maximum atomic E-state index is 12.0. The summed E-state index contributed by atoms with van der Waals surface area (Å²) in [4.78, 5) is 23.9. The molecule has 0 unspecified atom stereocenters. The van der Waals surface area contributed by atoms with Crippen LogP contribution in [0.4, 0.5) is 0 Å². The number of carbonyl (C=O) groups excluding carboxylic acids is 2. The Morgan fingerprint density at radius 3 is 1.85 bits per heavy atom. The van der Waals surface area contributed by atoms with Crippen LogP contribution in [0.1, 0.15) is 33.5 Å². The number of hydrogen-bond donors (Lipinski definition) is 0. The van der Waals surface area contributed by atoms with E-state index in [1.165, 1.54) is 5.56 Å². The van der Waals surface area contributed by atoms with Gasteiger partial charge in [0.25, 0.3) is 0 Å². The Morgan fingerprint density at radius 1 is 0.800 bits per heavy atom. The Balaban J connectivity index is 1.96. The summed E-state index contributed by atoms with van der Waals surface area (Å²) in [5.41, 5.74) is 3.83. The maximum Gasteiger partial charge on any atom is 0.228 e. The predicted molar refractivity (Wildman–Crippen MR) is 80.0 cm³/mol. The number of rotatable bonds is 5. The molecule has 0 atom stereocenters. The largest absolute Gasteiger partial charge is 0.290 e. The molecule has 0 spiro atoms. The Hall–Kier alpha value is -2.22. The molecule has 0 saturated heterocycles. The lowest BCUT2D eigenvalue weighted by Gasteiger charge is -2.03. The minimum absolute atomic E-state index is 0.260. The molecule has 0 N–H and O–H groups in total. The summed E-state index contributed by atoms with van der Waals surface area (Å²) in [5, 5.41) is 0. The fourth-order valence-electron chi connectivity index (χ4n) is 1.99. The van der Waals surface area contributed by atoms with E-state index in [1.807, 2.05) is 50.2 Å². The van der Waals surface area contributed by atoms with Gasteiger partial charge in [-0.15, -0.1) is 0 Å². The minimum Gasteiger partial charge on any atom is -0.290 e. The van der Waals surface area contributed by atoms with Gasteiger partial charge in [-0.1, -0.05) is 59.7 Å². The van der Waals surface area contributed by atoms with E-state index in [2.05, 4.69) is 0 Å². The highest BCUT2D eigenvalue weighted by atomic mass is 16.2. The van der Waals surface area contributed by atoms with Crippen molar-refractivity contribution >= 4 is 11.6 Å². The van der Waals surface area contributed by atoms with Gasteiger partial charge in [-0.2, -0.15) is 0 Å². The molecule has 0 aliphatic rings. The highest BCUT2D eigenvalue weighted by Gasteiger charge is 2.15. The Labute approximate surface area is 119 Å². The topological polar surface area (TPSA) is 34.1 Å². The van der Waals surface area contributed by atoms with Crippen LogP contribution < -0.4 is 0 Å². The molecule has 0 bridgehead atoms. The van der Waals surface area contributed by atoms with Gasteiger partial charge in [0.2, 0.25) is 11.6 Å². The number of aryl methyl sites for hydroxylation is 3. The second-order valence-electron chi connectivity index (χ2n) is 5.10. The van der Waals surface area contributed by atoms with Crippen LogP contribution >= 0.6 is 0 Å². The van der Waals surface area contributed by atoms with Crippen molar-refractivity contribution in [2.75, 3.05) is 0 Å². The second kappa shape index (κ2) is 6.29. The molecule has 2 heteroatoms. The number of carbonyl (C=O) groups is 2. The van der Waals surface area contributed by atoms with Gasteiger partial charge in [-0.05, 0) is 25.8 Å². The summed E-state index contributed by atoms with van der Waals surface area (Å²) in [6.45, 7) is 3.98. The van der Waals surface area contributed by atoms with Crippen LogP contribution in [-0.4, -0.2) is 11.6 Å². The lowest BCUT2D eigenvalue weighted by molar-refractivity contribution is -0.115. The van der Waals surface area contributed by atoms with Crippen molar-refractivity contribution < 1.29 is 9.59 Å². The molecule has 2 aromatic rings. The van der Waals surface area contributed by atoms with Crippen LogP contribution in [0.25, 0.3) is 0 Å². The number of benzene rings is 2. The van der Waals surface area contributed by atoms with Gasteiger partial charge in [-0.25, -0.2) is 0 Å². The van der Waals surface area contributed by atoms with E-state index < -0.39 is 5.78 Å². The molecule has 0 radical (unpaired) electrons. The van der Waals surface area contributed by atoms with Crippen molar-refractivity contribution in [3.8, 4) is 0 Å². The molecule has 2 nitrogen and oxygen atoms in total. The van der Waals surface area contributed by atoms with E-state index in [0.29, 0.717) is 12.0 Å². The number of hydrogen-bond acceptors (Lipinski definition) is 2. The molecular weight excluding hydrogens is 248 g/mol. The molecule has 0 aliphatic heterocycles. The summed E-state index contributed by atoms with van der Waals surface area (Å²) in [5.74, 6) is -0.716. The van der Waals surface area contributed by atoms with Gasteiger partial charge >= 0.3 is 0 Å².